The van der Waals surface area contributed by atoms with E-state index in [2.05, 4.69) is 6.92 Å². The van der Waals surface area contributed by atoms with E-state index in [0.717, 1.165) is 31.4 Å². The van der Waals surface area contributed by atoms with Crippen LogP contribution in [0.3, 0.4) is 0 Å². The van der Waals surface area contributed by atoms with Crippen LogP contribution in [0, 0.1) is 0 Å². The molecule has 20 heavy (non-hydrogen) atoms. The molecule has 1 saturated heterocycles. The second-order valence-electron chi connectivity index (χ2n) is 5.14. The van der Waals surface area contributed by atoms with Gasteiger partial charge in [0.15, 0.2) is 17.8 Å². The molecule has 2 rings (SSSR count). The molecule has 4 nitrogen and oxygen atoms in total. The van der Waals surface area contributed by atoms with Gasteiger partial charge in [-0.2, -0.15) is 0 Å². The topological polar surface area (TPSA) is 47.9 Å². The van der Waals surface area contributed by atoms with Gasteiger partial charge in [0, 0.05) is 13.0 Å². The molecule has 112 valence electrons. The van der Waals surface area contributed by atoms with Crippen molar-refractivity contribution in [3.63, 3.8) is 0 Å². The first-order valence-corrected chi connectivity index (χ1v) is 7.38. The molecule has 0 radical (unpaired) electrons. The van der Waals surface area contributed by atoms with Gasteiger partial charge in [0.2, 0.25) is 0 Å². The van der Waals surface area contributed by atoms with Crippen molar-refractivity contribution < 1.29 is 19.3 Å². The summed E-state index contributed by atoms with van der Waals surface area (Å²) in [5.74, 6) is 0.639. The van der Waals surface area contributed by atoms with E-state index < -0.39 is 0 Å². The van der Waals surface area contributed by atoms with E-state index in [-0.39, 0.29) is 18.1 Å². The van der Waals surface area contributed by atoms with E-state index in [4.69, 9.17) is 14.2 Å². The Morgan fingerprint density at radius 2 is 2.15 bits per heavy atom. The van der Waals surface area contributed by atoms with Crippen molar-refractivity contribution in [2.45, 2.75) is 51.4 Å². The molecule has 0 amide bonds. The van der Waals surface area contributed by atoms with Gasteiger partial charge in [-0.3, -0.25) is 0 Å². The predicted octanol–water partition coefficient (Wildman–Crippen LogP) is 3.79. The Morgan fingerprint density at radius 3 is 2.90 bits per heavy atom. The van der Waals surface area contributed by atoms with Crippen molar-refractivity contribution in [2.24, 2.45) is 0 Å². The van der Waals surface area contributed by atoms with E-state index in [9.17, 15) is 5.11 Å². The van der Waals surface area contributed by atoms with Gasteiger partial charge in [-0.1, -0.05) is 25.8 Å². The largest absolute Gasteiger partial charge is 0.504 e. The third kappa shape index (κ3) is 3.87. The van der Waals surface area contributed by atoms with Crippen LogP contribution in [0.2, 0.25) is 0 Å². The fraction of sp³-hybridized carbons (Fsp3) is 0.625. The van der Waals surface area contributed by atoms with Gasteiger partial charge in [-0.15, -0.1) is 0 Å². The first-order valence-electron chi connectivity index (χ1n) is 7.38. The minimum Gasteiger partial charge on any atom is -0.504 e. The van der Waals surface area contributed by atoms with Gasteiger partial charge in [0.05, 0.1) is 13.2 Å². The SMILES string of the molecule is CCCCCOC1CCC(c2ccc(O)c(OC)c2)O1. The highest BCUT2D eigenvalue weighted by Crippen LogP contribution is 2.37. The molecule has 1 aromatic rings. The van der Waals surface area contributed by atoms with Crippen molar-refractivity contribution in [1.82, 2.24) is 0 Å². The van der Waals surface area contributed by atoms with Crippen molar-refractivity contribution in [3.05, 3.63) is 23.8 Å². The molecule has 2 atom stereocenters. The highest BCUT2D eigenvalue weighted by atomic mass is 16.7. The second kappa shape index (κ2) is 7.50. The molecule has 1 aliphatic heterocycles. The highest BCUT2D eigenvalue weighted by Gasteiger charge is 2.27. The summed E-state index contributed by atoms with van der Waals surface area (Å²) in [7, 11) is 1.55. The average Bonchev–Trinajstić information content (AvgIpc) is 2.93. The Hall–Kier alpha value is -1.26. The maximum Gasteiger partial charge on any atom is 0.160 e. The Labute approximate surface area is 120 Å². The standard InChI is InChI=1S/C16H24O4/c1-3-4-5-10-19-16-9-8-14(20-16)12-6-7-13(17)15(11-12)18-2/h6-7,11,14,16-17H,3-5,8-10H2,1-2H3. The van der Waals surface area contributed by atoms with Crippen molar-refractivity contribution in [3.8, 4) is 11.5 Å². The van der Waals surface area contributed by atoms with Crippen molar-refractivity contribution in [2.75, 3.05) is 13.7 Å². The third-order valence-corrected chi connectivity index (χ3v) is 3.61. The van der Waals surface area contributed by atoms with Crippen LogP contribution in [0.4, 0.5) is 0 Å². The van der Waals surface area contributed by atoms with E-state index >= 15 is 0 Å². The van der Waals surface area contributed by atoms with Crippen molar-refractivity contribution >= 4 is 0 Å². The van der Waals surface area contributed by atoms with Gasteiger partial charge < -0.3 is 19.3 Å². The molecular formula is C16H24O4. The molecule has 1 N–H and O–H groups in total. The van der Waals surface area contributed by atoms with Gasteiger partial charge in [0.25, 0.3) is 0 Å². The summed E-state index contributed by atoms with van der Waals surface area (Å²) in [6.45, 7) is 2.95. The van der Waals surface area contributed by atoms with E-state index in [1.807, 2.05) is 12.1 Å². The fourth-order valence-electron chi connectivity index (χ4n) is 2.44. The molecule has 1 fully saturated rings. The number of ether oxygens (including phenoxy) is 3. The molecule has 0 spiro atoms. The molecule has 0 bridgehead atoms. The number of aromatic hydroxyl groups is 1. The lowest BCUT2D eigenvalue weighted by Crippen LogP contribution is -2.12. The van der Waals surface area contributed by atoms with Gasteiger partial charge >= 0.3 is 0 Å². The number of phenolic OH excluding ortho intramolecular Hbond substituents is 1. The van der Waals surface area contributed by atoms with Crippen LogP contribution in [-0.2, 0) is 9.47 Å². The molecule has 1 aromatic carbocycles. The lowest BCUT2D eigenvalue weighted by Gasteiger charge is -2.15. The van der Waals surface area contributed by atoms with Crippen LogP contribution in [-0.4, -0.2) is 25.1 Å². The van der Waals surface area contributed by atoms with E-state index in [1.54, 1.807) is 13.2 Å². The predicted molar refractivity (Wildman–Crippen MR) is 77.0 cm³/mol. The number of unbranched alkanes of at least 4 members (excludes halogenated alkanes) is 2. The lowest BCUT2D eigenvalue weighted by molar-refractivity contribution is -0.135. The summed E-state index contributed by atoms with van der Waals surface area (Å²) in [6, 6.07) is 5.36. The number of phenols is 1. The zero-order valence-corrected chi connectivity index (χ0v) is 12.3. The number of rotatable bonds is 7. The number of hydrogen-bond donors (Lipinski definition) is 1. The Kier molecular flexibility index (Phi) is 5.68. The first-order chi connectivity index (χ1) is 9.74. The maximum absolute atomic E-state index is 9.61. The van der Waals surface area contributed by atoms with Crippen LogP contribution < -0.4 is 4.74 Å². The minimum atomic E-state index is -0.100. The smallest absolute Gasteiger partial charge is 0.160 e. The Morgan fingerprint density at radius 1 is 1.30 bits per heavy atom. The number of methoxy groups -OCH3 is 1. The van der Waals surface area contributed by atoms with Crippen LogP contribution in [0.5, 0.6) is 11.5 Å². The van der Waals surface area contributed by atoms with Crippen LogP contribution in [0.1, 0.15) is 50.7 Å². The molecule has 0 aliphatic carbocycles. The maximum atomic E-state index is 9.61. The summed E-state index contributed by atoms with van der Waals surface area (Å²) < 4.78 is 16.8. The summed E-state index contributed by atoms with van der Waals surface area (Å²) in [5.41, 5.74) is 1.03. The number of benzene rings is 1. The van der Waals surface area contributed by atoms with Gasteiger partial charge in [-0.05, 0) is 30.5 Å². The summed E-state index contributed by atoms with van der Waals surface area (Å²) in [5, 5.41) is 9.61. The molecule has 0 saturated carbocycles. The zero-order chi connectivity index (χ0) is 14.4. The first kappa shape index (κ1) is 15.1. The molecule has 1 heterocycles. The van der Waals surface area contributed by atoms with Crippen molar-refractivity contribution in [1.29, 1.82) is 0 Å². The zero-order valence-electron chi connectivity index (χ0n) is 12.3. The molecule has 1 aliphatic rings. The molecular weight excluding hydrogens is 256 g/mol. The summed E-state index contributed by atoms with van der Waals surface area (Å²) in [6.07, 6.45) is 5.27. The van der Waals surface area contributed by atoms with Crippen LogP contribution in [0.25, 0.3) is 0 Å². The fourth-order valence-corrected chi connectivity index (χ4v) is 2.44. The third-order valence-electron chi connectivity index (χ3n) is 3.61. The van der Waals surface area contributed by atoms with E-state index in [0.29, 0.717) is 5.75 Å². The lowest BCUT2D eigenvalue weighted by atomic mass is 10.1. The Bertz CT molecular complexity index is 419. The van der Waals surface area contributed by atoms with Gasteiger partial charge in [-0.25, -0.2) is 0 Å². The average molecular weight is 280 g/mol. The van der Waals surface area contributed by atoms with Crippen LogP contribution in [0.15, 0.2) is 18.2 Å². The minimum absolute atomic E-state index is 0.0284. The Balaban J connectivity index is 1.86. The molecule has 0 aromatic heterocycles. The van der Waals surface area contributed by atoms with E-state index in [1.165, 1.54) is 12.8 Å². The highest BCUT2D eigenvalue weighted by molar-refractivity contribution is 5.42. The molecule has 4 heteroatoms. The quantitative estimate of drug-likeness (QED) is 0.772. The number of hydrogen-bond acceptors (Lipinski definition) is 4. The van der Waals surface area contributed by atoms with Crippen LogP contribution >= 0.6 is 0 Å². The monoisotopic (exact) mass is 280 g/mol. The summed E-state index contributed by atoms with van der Waals surface area (Å²) in [4.78, 5) is 0. The van der Waals surface area contributed by atoms with Gasteiger partial charge in [0.1, 0.15) is 0 Å². The second-order valence-corrected chi connectivity index (χ2v) is 5.14. The molecule has 2 unspecified atom stereocenters. The summed E-state index contributed by atoms with van der Waals surface area (Å²) >= 11 is 0. The normalized spacial score (nSPS) is 22.1.